The predicted molar refractivity (Wildman–Crippen MR) is 107 cm³/mol. The highest BCUT2D eigenvalue weighted by atomic mass is 79.9. The molecule has 2 heterocycles. The van der Waals surface area contributed by atoms with Crippen molar-refractivity contribution in [1.82, 2.24) is 4.90 Å². The summed E-state index contributed by atoms with van der Waals surface area (Å²) in [6.45, 7) is 4.68. The molecule has 1 aliphatic rings. The minimum absolute atomic E-state index is 0.0839. The number of nitrogens with one attached hydrogen (secondary N) is 1. The van der Waals surface area contributed by atoms with Gasteiger partial charge in [0, 0.05) is 18.8 Å². The molecule has 3 rings (SSSR count). The highest BCUT2D eigenvalue weighted by molar-refractivity contribution is 9.10. The topological polar surface area (TPSA) is 92.1 Å². The Labute approximate surface area is 170 Å². The van der Waals surface area contributed by atoms with Crippen LogP contribution in [0.15, 0.2) is 39.4 Å². The fraction of sp³-hybridized carbons (Fsp3) is 0.316. The Hall–Kier alpha value is -2.81. The zero-order valence-corrected chi connectivity index (χ0v) is 17.1. The van der Waals surface area contributed by atoms with Crippen LogP contribution in [0.4, 0.5) is 11.4 Å². The number of furan rings is 1. The molecule has 1 N–H and O–H groups in total. The van der Waals surface area contributed by atoms with Crippen LogP contribution in [0.5, 0.6) is 5.75 Å². The summed E-state index contributed by atoms with van der Waals surface area (Å²) in [6, 6.07) is 8.09. The highest BCUT2D eigenvalue weighted by Gasteiger charge is 2.29. The van der Waals surface area contributed by atoms with Gasteiger partial charge in [0.15, 0.2) is 17.0 Å². The molecule has 3 amide bonds. The van der Waals surface area contributed by atoms with Crippen LogP contribution in [0.3, 0.4) is 0 Å². The molecule has 28 heavy (non-hydrogen) atoms. The van der Waals surface area contributed by atoms with Gasteiger partial charge in [0.2, 0.25) is 5.91 Å². The number of amides is 3. The van der Waals surface area contributed by atoms with Crippen LogP contribution in [0, 0.1) is 0 Å². The number of halogens is 1. The third-order valence-electron chi connectivity index (χ3n) is 4.37. The van der Waals surface area contributed by atoms with Gasteiger partial charge in [0.1, 0.15) is 12.3 Å². The van der Waals surface area contributed by atoms with Crippen LogP contribution in [-0.4, -0.2) is 48.9 Å². The van der Waals surface area contributed by atoms with Gasteiger partial charge >= 0.3 is 0 Å². The summed E-state index contributed by atoms with van der Waals surface area (Å²) in [4.78, 5) is 40.2. The summed E-state index contributed by atoms with van der Waals surface area (Å²) in [7, 11) is 0. The second-order valence-electron chi connectivity index (χ2n) is 6.07. The van der Waals surface area contributed by atoms with E-state index < -0.39 is 5.91 Å². The van der Waals surface area contributed by atoms with Gasteiger partial charge in [-0.05, 0) is 60.1 Å². The van der Waals surface area contributed by atoms with Crippen molar-refractivity contribution in [3.05, 3.63) is 40.8 Å². The molecular formula is C19H20BrN3O5. The van der Waals surface area contributed by atoms with Gasteiger partial charge in [-0.2, -0.15) is 0 Å². The molecule has 0 saturated heterocycles. The van der Waals surface area contributed by atoms with Gasteiger partial charge in [0.25, 0.3) is 11.8 Å². The van der Waals surface area contributed by atoms with E-state index in [9.17, 15) is 14.4 Å². The molecule has 148 valence electrons. The van der Waals surface area contributed by atoms with E-state index in [1.54, 1.807) is 35.2 Å². The number of likely N-dealkylation sites (N-methyl/N-ethyl adjacent to an activating group) is 1. The summed E-state index contributed by atoms with van der Waals surface area (Å²) in [5, 5.41) is 2.71. The highest BCUT2D eigenvalue weighted by Crippen LogP contribution is 2.34. The second-order valence-corrected chi connectivity index (χ2v) is 6.86. The molecule has 1 aromatic heterocycles. The Balaban J connectivity index is 1.83. The van der Waals surface area contributed by atoms with E-state index in [1.165, 1.54) is 4.90 Å². The molecule has 0 bridgehead atoms. The van der Waals surface area contributed by atoms with E-state index in [4.69, 9.17) is 9.15 Å². The van der Waals surface area contributed by atoms with Gasteiger partial charge in [-0.1, -0.05) is 0 Å². The largest absolute Gasteiger partial charge is 0.482 e. The predicted octanol–water partition coefficient (Wildman–Crippen LogP) is 2.89. The third-order valence-corrected chi connectivity index (χ3v) is 4.79. The average Bonchev–Trinajstić information content (AvgIpc) is 3.12. The quantitative estimate of drug-likeness (QED) is 0.731. The second kappa shape index (κ2) is 8.47. The van der Waals surface area contributed by atoms with Gasteiger partial charge in [-0.25, -0.2) is 0 Å². The summed E-state index contributed by atoms with van der Waals surface area (Å²) in [5.74, 6) is -0.275. The zero-order chi connectivity index (χ0) is 20.3. The number of carbonyl (C=O) groups excluding carboxylic acids is 3. The van der Waals surface area contributed by atoms with E-state index >= 15 is 0 Å². The lowest BCUT2D eigenvalue weighted by Gasteiger charge is -2.31. The summed E-state index contributed by atoms with van der Waals surface area (Å²) in [6.07, 6.45) is 0. The first-order chi connectivity index (χ1) is 13.4. The maximum Gasteiger partial charge on any atom is 0.291 e. The van der Waals surface area contributed by atoms with E-state index in [2.05, 4.69) is 21.2 Å². The number of ether oxygens (including phenoxy) is 1. The first-order valence-corrected chi connectivity index (χ1v) is 9.63. The minimum atomic E-state index is -0.431. The van der Waals surface area contributed by atoms with Crippen LogP contribution < -0.4 is 15.0 Å². The summed E-state index contributed by atoms with van der Waals surface area (Å²) < 4.78 is 11.1. The maximum absolute atomic E-state index is 12.5. The molecule has 0 saturated carbocycles. The van der Waals surface area contributed by atoms with Crippen molar-refractivity contribution in [2.75, 3.05) is 36.5 Å². The molecule has 9 heteroatoms. The van der Waals surface area contributed by atoms with E-state index in [0.717, 1.165) is 0 Å². The Bertz CT molecular complexity index is 907. The summed E-state index contributed by atoms with van der Waals surface area (Å²) >= 11 is 3.15. The number of hydrogen-bond acceptors (Lipinski definition) is 5. The van der Waals surface area contributed by atoms with Gasteiger partial charge in [-0.3, -0.25) is 19.3 Å². The van der Waals surface area contributed by atoms with Crippen molar-refractivity contribution >= 4 is 45.0 Å². The lowest BCUT2D eigenvalue weighted by molar-refractivity contribution is -0.131. The van der Waals surface area contributed by atoms with Crippen molar-refractivity contribution < 1.29 is 23.5 Å². The monoisotopic (exact) mass is 449 g/mol. The average molecular weight is 450 g/mol. The molecule has 1 aromatic carbocycles. The maximum atomic E-state index is 12.5. The van der Waals surface area contributed by atoms with Crippen molar-refractivity contribution in [2.45, 2.75) is 13.8 Å². The fourth-order valence-electron chi connectivity index (χ4n) is 2.89. The molecular weight excluding hydrogens is 430 g/mol. The molecule has 0 fully saturated rings. The lowest BCUT2D eigenvalue weighted by Crippen LogP contribution is -2.46. The molecule has 0 radical (unpaired) electrons. The van der Waals surface area contributed by atoms with Gasteiger partial charge in [-0.15, -0.1) is 0 Å². The standard InChI is InChI=1S/C19H20BrN3O5/c1-3-22(4-2)17(24)10-23-13-9-12(5-6-14(13)27-11-18(23)25)21-19(26)15-7-8-16(20)28-15/h5-9H,3-4,10-11H2,1-2H3,(H,21,26). The number of carbonyl (C=O) groups is 3. The van der Waals surface area contributed by atoms with Crippen molar-refractivity contribution in [2.24, 2.45) is 0 Å². The van der Waals surface area contributed by atoms with Gasteiger partial charge < -0.3 is 19.4 Å². The fourth-order valence-corrected chi connectivity index (χ4v) is 3.20. The summed E-state index contributed by atoms with van der Waals surface area (Å²) in [5.41, 5.74) is 0.894. The molecule has 0 aliphatic carbocycles. The minimum Gasteiger partial charge on any atom is -0.482 e. The number of rotatable bonds is 6. The first kappa shape index (κ1) is 19.9. The Morgan fingerprint density at radius 3 is 2.61 bits per heavy atom. The van der Waals surface area contributed by atoms with E-state index in [0.29, 0.717) is 34.9 Å². The molecule has 0 atom stereocenters. The molecule has 1 aliphatic heterocycles. The van der Waals surface area contributed by atoms with Crippen LogP contribution in [0.2, 0.25) is 0 Å². The number of fused-ring (bicyclic) bond motifs is 1. The van der Waals surface area contributed by atoms with Crippen molar-refractivity contribution in [3.8, 4) is 5.75 Å². The molecule has 2 aromatic rings. The Kier molecular flexibility index (Phi) is 6.03. The van der Waals surface area contributed by atoms with Crippen LogP contribution in [0.1, 0.15) is 24.4 Å². The van der Waals surface area contributed by atoms with Crippen molar-refractivity contribution in [3.63, 3.8) is 0 Å². The third kappa shape index (κ3) is 4.19. The SMILES string of the molecule is CCN(CC)C(=O)CN1C(=O)COc2ccc(NC(=O)c3ccc(Br)o3)cc21. The number of nitrogens with zero attached hydrogens (tertiary/aromatic N) is 2. The Morgan fingerprint density at radius 1 is 1.21 bits per heavy atom. The Morgan fingerprint density at radius 2 is 1.96 bits per heavy atom. The molecule has 0 spiro atoms. The zero-order valence-electron chi connectivity index (χ0n) is 15.5. The molecule has 0 unspecified atom stereocenters. The first-order valence-electron chi connectivity index (χ1n) is 8.84. The smallest absolute Gasteiger partial charge is 0.291 e. The van der Waals surface area contributed by atoms with Crippen LogP contribution in [0.25, 0.3) is 0 Å². The molecule has 8 nitrogen and oxygen atoms in total. The van der Waals surface area contributed by atoms with Gasteiger partial charge in [0.05, 0.1) is 5.69 Å². The number of anilines is 2. The lowest BCUT2D eigenvalue weighted by atomic mass is 10.2. The number of benzene rings is 1. The van der Waals surface area contributed by atoms with Crippen molar-refractivity contribution in [1.29, 1.82) is 0 Å². The van der Waals surface area contributed by atoms with Crippen LogP contribution >= 0.6 is 15.9 Å². The van der Waals surface area contributed by atoms with Crippen LogP contribution in [-0.2, 0) is 9.59 Å². The van der Waals surface area contributed by atoms with E-state index in [1.807, 2.05) is 13.8 Å². The van der Waals surface area contributed by atoms with E-state index in [-0.39, 0.29) is 30.7 Å². The number of hydrogen-bond donors (Lipinski definition) is 1. The normalized spacial score (nSPS) is 13.0.